The van der Waals surface area contributed by atoms with Crippen LogP contribution in [0.3, 0.4) is 0 Å². The molecule has 2 amide bonds. The van der Waals surface area contributed by atoms with Crippen LogP contribution in [0.2, 0.25) is 0 Å². The molecule has 1 aliphatic carbocycles. The zero-order valence-corrected chi connectivity index (χ0v) is 17.6. The van der Waals surface area contributed by atoms with Crippen molar-refractivity contribution in [1.82, 2.24) is 9.88 Å². The average Bonchev–Trinajstić information content (AvgIpc) is 3.08. The minimum Gasteiger partial charge on any atom is -0.481 e. The van der Waals surface area contributed by atoms with Crippen LogP contribution >= 0.6 is 23.1 Å². The lowest BCUT2D eigenvalue weighted by atomic mass is 9.86. The number of rotatable bonds is 10. The van der Waals surface area contributed by atoms with E-state index in [2.05, 4.69) is 17.2 Å². The van der Waals surface area contributed by atoms with E-state index >= 15 is 0 Å². The zero-order valence-electron chi connectivity index (χ0n) is 16.0. The molecule has 9 heteroatoms. The van der Waals surface area contributed by atoms with Gasteiger partial charge in [0.05, 0.1) is 16.2 Å². The maximum absolute atomic E-state index is 12.9. The first-order valence-corrected chi connectivity index (χ1v) is 11.3. The lowest BCUT2D eigenvalue weighted by Crippen LogP contribution is -2.45. The van der Waals surface area contributed by atoms with Crippen molar-refractivity contribution in [1.29, 1.82) is 0 Å². The Morgan fingerprint density at radius 3 is 2.81 bits per heavy atom. The fourth-order valence-corrected chi connectivity index (χ4v) is 4.75. The molecule has 1 heterocycles. The number of urea groups is 1. The Morgan fingerprint density at radius 1 is 1.41 bits per heavy atom. The van der Waals surface area contributed by atoms with E-state index in [1.807, 2.05) is 11.8 Å². The van der Waals surface area contributed by atoms with Crippen molar-refractivity contribution in [3.05, 3.63) is 6.20 Å². The molecule has 0 atom stereocenters. The molecule has 1 saturated carbocycles. The molecular weight excluding hydrogens is 386 g/mol. The van der Waals surface area contributed by atoms with Crippen molar-refractivity contribution in [2.75, 3.05) is 30.8 Å². The number of carbonyl (C=O) groups excluding carboxylic acids is 1. The third-order valence-corrected chi connectivity index (χ3v) is 6.71. The molecule has 0 bridgehead atoms. The first kappa shape index (κ1) is 22.0. The van der Waals surface area contributed by atoms with Gasteiger partial charge in [0.1, 0.15) is 0 Å². The molecule has 0 spiro atoms. The molecule has 1 aromatic rings. The molecule has 1 aromatic heterocycles. The van der Waals surface area contributed by atoms with Crippen molar-refractivity contribution in [2.24, 2.45) is 5.92 Å². The molecule has 2 N–H and O–H groups in total. The van der Waals surface area contributed by atoms with Gasteiger partial charge >= 0.3 is 12.0 Å². The Kier molecular flexibility index (Phi) is 9.36. The van der Waals surface area contributed by atoms with Gasteiger partial charge in [-0.25, -0.2) is 9.78 Å². The van der Waals surface area contributed by atoms with Gasteiger partial charge in [-0.1, -0.05) is 18.3 Å². The molecule has 1 aliphatic rings. The summed E-state index contributed by atoms with van der Waals surface area (Å²) in [7, 11) is 0. The standard InChI is InChI=1S/C18H29N3O4S2/c1-3-25-10-4-9-21(14-7-5-13(2)6-8-14)18(24)20-17-19-11-16(27-17)26-12-15(22)23/h11,13-14H,3-10,12H2,1-2H3,(H,22,23)(H,19,20,24). The monoisotopic (exact) mass is 415 g/mol. The van der Waals surface area contributed by atoms with E-state index < -0.39 is 5.97 Å². The van der Waals surface area contributed by atoms with E-state index in [1.165, 1.54) is 23.1 Å². The summed E-state index contributed by atoms with van der Waals surface area (Å²) in [5, 5.41) is 12.2. The molecular formula is C18H29N3O4S2. The highest BCUT2D eigenvalue weighted by molar-refractivity contribution is 8.01. The zero-order chi connectivity index (χ0) is 19.6. The van der Waals surface area contributed by atoms with Crippen molar-refractivity contribution in [2.45, 2.75) is 56.2 Å². The van der Waals surface area contributed by atoms with Crippen LogP contribution in [0.15, 0.2) is 10.4 Å². The molecule has 0 radical (unpaired) electrons. The van der Waals surface area contributed by atoms with E-state index in [9.17, 15) is 9.59 Å². The number of aliphatic carboxylic acids is 1. The molecule has 152 valence electrons. The number of amides is 2. The molecule has 27 heavy (non-hydrogen) atoms. The number of ether oxygens (including phenoxy) is 1. The second kappa shape index (κ2) is 11.5. The Labute approximate surface area is 168 Å². The smallest absolute Gasteiger partial charge is 0.323 e. The molecule has 2 rings (SSSR count). The summed E-state index contributed by atoms with van der Waals surface area (Å²) in [6, 6.07) is 0.124. The van der Waals surface area contributed by atoms with Crippen LogP contribution in [-0.4, -0.2) is 58.5 Å². The largest absolute Gasteiger partial charge is 0.481 e. The number of carbonyl (C=O) groups is 2. The third-order valence-electron chi connectivity index (χ3n) is 4.62. The highest BCUT2D eigenvalue weighted by Crippen LogP contribution is 2.30. The van der Waals surface area contributed by atoms with Gasteiger partial charge in [0, 0.05) is 25.8 Å². The van der Waals surface area contributed by atoms with Gasteiger partial charge in [-0.3, -0.25) is 10.1 Å². The van der Waals surface area contributed by atoms with Crippen LogP contribution in [0.1, 0.15) is 46.0 Å². The van der Waals surface area contributed by atoms with Gasteiger partial charge in [-0.05, 0) is 44.9 Å². The van der Waals surface area contributed by atoms with Crippen LogP contribution < -0.4 is 5.32 Å². The summed E-state index contributed by atoms with van der Waals surface area (Å²) < 4.78 is 6.20. The lowest BCUT2D eigenvalue weighted by molar-refractivity contribution is -0.133. The van der Waals surface area contributed by atoms with E-state index in [4.69, 9.17) is 9.84 Å². The molecule has 0 unspecified atom stereocenters. The number of hydrogen-bond acceptors (Lipinski definition) is 6. The molecule has 0 saturated heterocycles. The van der Waals surface area contributed by atoms with Gasteiger partial charge in [0.2, 0.25) is 0 Å². The first-order chi connectivity index (χ1) is 13.0. The molecule has 1 fully saturated rings. The SMILES string of the molecule is CCOCCCN(C(=O)Nc1ncc(SCC(=O)O)s1)C1CCC(C)CC1. The molecule has 0 aromatic carbocycles. The number of hydrogen-bond donors (Lipinski definition) is 2. The van der Waals surface area contributed by atoms with Crippen molar-refractivity contribution < 1.29 is 19.4 Å². The maximum Gasteiger partial charge on any atom is 0.323 e. The van der Waals surface area contributed by atoms with Gasteiger partial charge < -0.3 is 14.7 Å². The third kappa shape index (κ3) is 7.67. The Hall–Kier alpha value is -1.32. The topological polar surface area (TPSA) is 91.8 Å². The predicted octanol–water partition coefficient (Wildman–Crippen LogP) is 4.16. The van der Waals surface area contributed by atoms with E-state index in [-0.39, 0.29) is 17.8 Å². The van der Waals surface area contributed by atoms with Crippen molar-refractivity contribution in [3.8, 4) is 0 Å². The number of nitrogens with one attached hydrogen (secondary N) is 1. The van der Waals surface area contributed by atoms with Crippen LogP contribution in [0.25, 0.3) is 0 Å². The maximum atomic E-state index is 12.9. The molecule has 7 nitrogen and oxygen atoms in total. The average molecular weight is 416 g/mol. The number of aromatic nitrogens is 1. The van der Waals surface area contributed by atoms with Crippen LogP contribution in [0.5, 0.6) is 0 Å². The van der Waals surface area contributed by atoms with Crippen molar-refractivity contribution in [3.63, 3.8) is 0 Å². The highest BCUT2D eigenvalue weighted by atomic mass is 32.2. The van der Waals surface area contributed by atoms with Crippen LogP contribution in [0, 0.1) is 5.92 Å². The highest BCUT2D eigenvalue weighted by Gasteiger charge is 2.27. The van der Waals surface area contributed by atoms with Gasteiger partial charge in [0.25, 0.3) is 0 Å². The Balaban J connectivity index is 1.94. The summed E-state index contributed by atoms with van der Waals surface area (Å²) in [4.78, 5) is 29.7. The Bertz CT molecular complexity index is 603. The first-order valence-electron chi connectivity index (χ1n) is 9.45. The summed E-state index contributed by atoms with van der Waals surface area (Å²) in [6.45, 7) is 6.23. The number of carboxylic acid groups (broad SMARTS) is 1. The summed E-state index contributed by atoms with van der Waals surface area (Å²) in [5.74, 6) is -0.160. The minimum absolute atomic E-state index is 0.0145. The second-order valence-electron chi connectivity index (χ2n) is 6.75. The summed E-state index contributed by atoms with van der Waals surface area (Å²) in [6.07, 6.45) is 6.77. The van der Waals surface area contributed by atoms with Gasteiger partial charge in [-0.2, -0.15) is 0 Å². The second-order valence-corrected chi connectivity index (χ2v) is 9.06. The fourth-order valence-electron chi connectivity index (χ4n) is 3.17. The number of anilines is 1. The van der Waals surface area contributed by atoms with Crippen molar-refractivity contribution >= 4 is 40.2 Å². The number of thioether (sulfide) groups is 1. The normalized spacial score (nSPS) is 19.6. The van der Waals surface area contributed by atoms with Gasteiger partial charge in [0.15, 0.2) is 5.13 Å². The van der Waals surface area contributed by atoms with E-state index in [0.717, 1.165) is 42.2 Å². The Morgan fingerprint density at radius 2 is 2.15 bits per heavy atom. The molecule has 0 aliphatic heterocycles. The van der Waals surface area contributed by atoms with E-state index in [0.29, 0.717) is 24.9 Å². The van der Waals surface area contributed by atoms with Gasteiger partial charge in [-0.15, -0.1) is 11.8 Å². The number of thiazole rings is 1. The lowest BCUT2D eigenvalue weighted by Gasteiger charge is -2.36. The minimum atomic E-state index is -0.869. The van der Waals surface area contributed by atoms with Crippen LogP contribution in [-0.2, 0) is 9.53 Å². The number of carboxylic acids is 1. The predicted molar refractivity (Wildman–Crippen MR) is 109 cm³/mol. The van der Waals surface area contributed by atoms with Crippen LogP contribution in [0.4, 0.5) is 9.93 Å². The summed E-state index contributed by atoms with van der Waals surface area (Å²) >= 11 is 2.51. The fraction of sp³-hybridized carbons (Fsp3) is 0.722. The summed E-state index contributed by atoms with van der Waals surface area (Å²) in [5.41, 5.74) is 0. The van der Waals surface area contributed by atoms with E-state index in [1.54, 1.807) is 6.20 Å². The number of nitrogens with zero attached hydrogens (tertiary/aromatic N) is 2. The quantitative estimate of drug-likeness (QED) is 0.440.